The molecule has 0 saturated heterocycles. The fraction of sp³-hybridized carbons (Fsp3) is 0.636. The SMILES string of the molecule is CCC(COC)NCC(O)c1cccs1. The van der Waals surface area contributed by atoms with Gasteiger partial charge in [0.15, 0.2) is 0 Å². The van der Waals surface area contributed by atoms with Crippen LogP contribution >= 0.6 is 11.3 Å². The first-order chi connectivity index (χ1) is 7.27. The van der Waals surface area contributed by atoms with Crippen LogP contribution in [-0.2, 0) is 4.74 Å². The van der Waals surface area contributed by atoms with E-state index in [2.05, 4.69) is 12.2 Å². The van der Waals surface area contributed by atoms with E-state index in [0.29, 0.717) is 19.2 Å². The van der Waals surface area contributed by atoms with Crippen LogP contribution in [-0.4, -0.2) is 31.4 Å². The number of aliphatic hydroxyl groups is 1. The molecule has 0 aromatic carbocycles. The van der Waals surface area contributed by atoms with E-state index in [0.717, 1.165) is 11.3 Å². The second kappa shape index (κ2) is 6.95. The van der Waals surface area contributed by atoms with Gasteiger partial charge in [-0.3, -0.25) is 0 Å². The first-order valence-electron chi connectivity index (χ1n) is 5.21. The predicted molar refractivity (Wildman–Crippen MR) is 63.2 cm³/mol. The summed E-state index contributed by atoms with van der Waals surface area (Å²) in [6, 6.07) is 4.23. The summed E-state index contributed by atoms with van der Waals surface area (Å²) in [6.45, 7) is 3.38. The second-order valence-corrected chi connectivity index (χ2v) is 4.48. The Hall–Kier alpha value is -0.420. The summed E-state index contributed by atoms with van der Waals surface area (Å²) < 4.78 is 5.08. The highest BCUT2D eigenvalue weighted by molar-refractivity contribution is 7.10. The quantitative estimate of drug-likeness (QED) is 0.749. The maximum absolute atomic E-state index is 9.83. The molecule has 3 nitrogen and oxygen atoms in total. The van der Waals surface area contributed by atoms with Crippen molar-refractivity contribution in [3.05, 3.63) is 22.4 Å². The molecule has 1 aromatic heterocycles. The Morgan fingerprint density at radius 2 is 2.40 bits per heavy atom. The molecule has 15 heavy (non-hydrogen) atoms. The molecule has 2 unspecified atom stereocenters. The van der Waals surface area contributed by atoms with Gasteiger partial charge >= 0.3 is 0 Å². The van der Waals surface area contributed by atoms with E-state index in [9.17, 15) is 5.11 Å². The minimum Gasteiger partial charge on any atom is -0.386 e. The molecule has 4 heteroatoms. The van der Waals surface area contributed by atoms with Crippen LogP contribution in [0.5, 0.6) is 0 Å². The maximum atomic E-state index is 9.83. The van der Waals surface area contributed by atoms with Crippen molar-refractivity contribution in [2.24, 2.45) is 0 Å². The third-order valence-electron chi connectivity index (χ3n) is 2.33. The number of hydrogen-bond donors (Lipinski definition) is 2. The van der Waals surface area contributed by atoms with Gasteiger partial charge < -0.3 is 15.2 Å². The lowest BCUT2D eigenvalue weighted by atomic mass is 10.2. The number of methoxy groups -OCH3 is 1. The van der Waals surface area contributed by atoms with Crippen molar-refractivity contribution in [1.82, 2.24) is 5.32 Å². The number of nitrogens with one attached hydrogen (secondary N) is 1. The Morgan fingerprint density at radius 1 is 1.60 bits per heavy atom. The standard InChI is InChI=1S/C11H19NO2S/c1-3-9(8-14-2)12-7-10(13)11-5-4-6-15-11/h4-6,9-10,12-13H,3,7-8H2,1-2H3. The van der Waals surface area contributed by atoms with Crippen LogP contribution in [0.3, 0.4) is 0 Å². The van der Waals surface area contributed by atoms with E-state index >= 15 is 0 Å². The molecule has 0 amide bonds. The van der Waals surface area contributed by atoms with Crippen molar-refractivity contribution >= 4 is 11.3 Å². The largest absolute Gasteiger partial charge is 0.386 e. The molecular formula is C11H19NO2S. The maximum Gasteiger partial charge on any atom is 0.101 e. The van der Waals surface area contributed by atoms with Crippen LogP contribution in [0.2, 0.25) is 0 Å². The molecular weight excluding hydrogens is 210 g/mol. The fourth-order valence-electron chi connectivity index (χ4n) is 1.38. The molecule has 1 rings (SSSR count). The monoisotopic (exact) mass is 229 g/mol. The summed E-state index contributed by atoms with van der Waals surface area (Å²) in [5, 5.41) is 15.1. The molecule has 2 atom stereocenters. The lowest BCUT2D eigenvalue weighted by Gasteiger charge is -2.18. The van der Waals surface area contributed by atoms with Gasteiger partial charge in [-0.25, -0.2) is 0 Å². The topological polar surface area (TPSA) is 41.5 Å². The molecule has 0 fully saturated rings. The van der Waals surface area contributed by atoms with E-state index in [1.54, 1.807) is 18.4 Å². The van der Waals surface area contributed by atoms with E-state index in [1.807, 2.05) is 17.5 Å². The van der Waals surface area contributed by atoms with Crippen molar-refractivity contribution in [1.29, 1.82) is 0 Å². The molecule has 86 valence electrons. The minimum absolute atomic E-state index is 0.324. The number of aliphatic hydroxyl groups excluding tert-OH is 1. The first-order valence-corrected chi connectivity index (χ1v) is 6.09. The van der Waals surface area contributed by atoms with E-state index in [4.69, 9.17) is 4.74 Å². The summed E-state index contributed by atoms with van der Waals surface area (Å²) in [5.74, 6) is 0. The molecule has 0 saturated carbocycles. The summed E-state index contributed by atoms with van der Waals surface area (Å²) in [4.78, 5) is 1.01. The van der Waals surface area contributed by atoms with Crippen LogP contribution in [0, 0.1) is 0 Å². The molecule has 1 aromatic rings. The number of ether oxygens (including phenoxy) is 1. The van der Waals surface area contributed by atoms with Crippen LogP contribution < -0.4 is 5.32 Å². The van der Waals surface area contributed by atoms with Crippen molar-refractivity contribution in [2.45, 2.75) is 25.5 Å². The molecule has 0 bridgehead atoms. The molecule has 2 N–H and O–H groups in total. The zero-order valence-electron chi connectivity index (χ0n) is 9.27. The Morgan fingerprint density at radius 3 is 2.93 bits per heavy atom. The van der Waals surface area contributed by atoms with Crippen LogP contribution in [0.1, 0.15) is 24.3 Å². The number of hydrogen-bond acceptors (Lipinski definition) is 4. The molecule has 1 heterocycles. The molecule has 0 radical (unpaired) electrons. The van der Waals surface area contributed by atoms with E-state index in [-0.39, 0.29) is 0 Å². The van der Waals surface area contributed by atoms with Gasteiger partial charge in [-0.2, -0.15) is 0 Å². The lowest BCUT2D eigenvalue weighted by molar-refractivity contribution is 0.139. The first kappa shape index (κ1) is 12.6. The highest BCUT2D eigenvalue weighted by Crippen LogP contribution is 2.17. The molecule has 0 aliphatic heterocycles. The summed E-state index contributed by atoms with van der Waals surface area (Å²) in [5.41, 5.74) is 0. The summed E-state index contributed by atoms with van der Waals surface area (Å²) in [6.07, 6.45) is 0.598. The van der Waals surface area contributed by atoms with E-state index in [1.165, 1.54) is 0 Å². The summed E-state index contributed by atoms with van der Waals surface area (Å²) in [7, 11) is 1.69. The van der Waals surface area contributed by atoms with Gasteiger partial charge in [0.05, 0.1) is 6.61 Å². The average Bonchev–Trinajstić information content (AvgIpc) is 2.77. The highest BCUT2D eigenvalue weighted by atomic mass is 32.1. The van der Waals surface area contributed by atoms with Crippen LogP contribution in [0.4, 0.5) is 0 Å². The van der Waals surface area contributed by atoms with Crippen LogP contribution in [0.25, 0.3) is 0 Å². The minimum atomic E-state index is -0.407. The van der Waals surface area contributed by atoms with Crippen molar-refractivity contribution < 1.29 is 9.84 Å². The Labute approximate surface area is 95.1 Å². The Bertz CT molecular complexity index is 251. The number of rotatable bonds is 7. The molecule has 0 spiro atoms. The predicted octanol–water partition coefficient (Wildman–Crippen LogP) is 1.80. The van der Waals surface area contributed by atoms with Gasteiger partial charge in [0.2, 0.25) is 0 Å². The van der Waals surface area contributed by atoms with Gasteiger partial charge in [-0.1, -0.05) is 13.0 Å². The average molecular weight is 229 g/mol. The van der Waals surface area contributed by atoms with E-state index < -0.39 is 6.10 Å². The van der Waals surface area contributed by atoms with Gasteiger partial charge in [0, 0.05) is 24.6 Å². The normalized spacial score (nSPS) is 15.1. The van der Waals surface area contributed by atoms with Gasteiger partial charge in [0.25, 0.3) is 0 Å². The van der Waals surface area contributed by atoms with Crippen molar-refractivity contribution in [3.63, 3.8) is 0 Å². The fourth-order valence-corrected chi connectivity index (χ4v) is 2.09. The zero-order chi connectivity index (χ0) is 11.1. The number of thiophene rings is 1. The molecule has 0 aliphatic carbocycles. The highest BCUT2D eigenvalue weighted by Gasteiger charge is 2.11. The van der Waals surface area contributed by atoms with Gasteiger partial charge in [0.1, 0.15) is 6.10 Å². The summed E-state index contributed by atoms with van der Waals surface area (Å²) >= 11 is 1.58. The van der Waals surface area contributed by atoms with Crippen LogP contribution in [0.15, 0.2) is 17.5 Å². The third-order valence-corrected chi connectivity index (χ3v) is 3.31. The van der Waals surface area contributed by atoms with Gasteiger partial charge in [-0.05, 0) is 17.9 Å². The lowest BCUT2D eigenvalue weighted by Crippen LogP contribution is -2.35. The van der Waals surface area contributed by atoms with Crippen molar-refractivity contribution in [2.75, 3.05) is 20.3 Å². The third kappa shape index (κ3) is 4.30. The van der Waals surface area contributed by atoms with Gasteiger partial charge in [-0.15, -0.1) is 11.3 Å². The zero-order valence-corrected chi connectivity index (χ0v) is 10.1. The Balaban J connectivity index is 2.29. The second-order valence-electron chi connectivity index (χ2n) is 3.50. The Kier molecular flexibility index (Phi) is 5.86. The van der Waals surface area contributed by atoms with Crippen molar-refractivity contribution in [3.8, 4) is 0 Å². The molecule has 0 aliphatic rings. The smallest absolute Gasteiger partial charge is 0.101 e.